The summed E-state index contributed by atoms with van der Waals surface area (Å²) >= 11 is 0. The second-order valence-electron chi connectivity index (χ2n) is 7.62. The number of nitrogens with zero attached hydrogens (tertiary/aromatic N) is 4. The summed E-state index contributed by atoms with van der Waals surface area (Å²) in [6, 6.07) is 17.2. The highest BCUT2D eigenvalue weighted by Gasteiger charge is 2.33. The van der Waals surface area contributed by atoms with Gasteiger partial charge in [0.1, 0.15) is 5.75 Å². The Kier molecular flexibility index (Phi) is 5.65. The van der Waals surface area contributed by atoms with Crippen LogP contribution in [0.3, 0.4) is 0 Å². The normalized spacial score (nSPS) is 15.8. The summed E-state index contributed by atoms with van der Waals surface area (Å²) in [4.78, 5) is 26.5. The minimum absolute atomic E-state index is 0.0414. The minimum Gasteiger partial charge on any atom is -0.497 e. The number of ether oxygens (including phenoxy) is 1. The van der Waals surface area contributed by atoms with Crippen molar-refractivity contribution in [2.24, 2.45) is 0 Å². The van der Waals surface area contributed by atoms with Gasteiger partial charge in [-0.25, -0.2) is 9.97 Å². The molecule has 0 radical (unpaired) electrons. The smallest absolute Gasteiger partial charge is 0.254 e. The molecule has 154 valence electrons. The van der Waals surface area contributed by atoms with E-state index in [0.29, 0.717) is 11.5 Å². The van der Waals surface area contributed by atoms with Crippen LogP contribution in [-0.4, -0.2) is 48.5 Å². The summed E-state index contributed by atoms with van der Waals surface area (Å²) in [5.74, 6) is 1.45. The van der Waals surface area contributed by atoms with Gasteiger partial charge in [0, 0.05) is 38.0 Å². The van der Waals surface area contributed by atoms with Gasteiger partial charge in [0.2, 0.25) is 5.95 Å². The molecule has 3 aromatic rings. The average molecular weight is 402 g/mol. The maximum atomic E-state index is 13.2. The molecule has 0 unspecified atom stereocenters. The Morgan fingerprint density at radius 2 is 1.93 bits per heavy atom. The lowest BCUT2D eigenvalue weighted by atomic mass is 9.99. The van der Waals surface area contributed by atoms with Crippen molar-refractivity contribution in [1.29, 1.82) is 0 Å². The molecular weight excluding hydrogens is 376 g/mol. The van der Waals surface area contributed by atoms with E-state index in [0.717, 1.165) is 42.0 Å². The summed E-state index contributed by atoms with van der Waals surface area (Å²) < 4.78 is 5.41. The van der Waals surface area contributed by atoms with E-state index in [9.17, 15) is 4.79 Å². The maximum Gasteiger partial charge on any atom is 0.254 e. The molecule has 1 amide bonds. The van der Waals surface area contributed by atoms with Gasteiger partial charge in [-0.3, -0.25) is 4.79 Å². The molecule has 6 heteroatoms. The van der Waals surface area contributed by atoms with E-state index in [1.807, 2.05) is 84.7 Å². The number of hydrogen-bond acceptors (Lipinski definition) is 5. The van der Waals surface area contributed by atoms with Gasteiger partial charge in [0.15, 0.2) is 0 Å². The summed E-state index contributed by atoms with van der Waals surface area (Å²) in [5, 5.41) is 0. The molecule has 1 saturated heterocycles. The third-order valence-corrected chi connectivity index (χ3v) is 5.44. The summed E-state index contributed by atoms with van der Waals surface area (Å²) in [6.45, 7) is 0.719. The van der Waals surface area contributed by atoms with Crippen LogP contribution >= 0.6 is 0 Å². The first kappa shape index (κ1) is 19.9. The van der Waals surface area contributed by atoms with Crippen LogP contribution in [0.15, 0.2) is 60.8 Å². The molecule has 30 heavy (non-hydrogen) atoms. The highest BCUT2D eigenvalue weighted by atomic mass is 16.5. The fourth-order valence-electron chi connectivity index (χ4n) is 3.91. The Morgan fingerprint density at radius 3 is 2.67 bits per heavy atom. The monoisotopic (exact) mass is 402 g/mol. The molecule has 2 heterocycles. The van der Waals surface area contributed by atoms with Gasteiger partial charge in [-0.1, -0.05) is 30.3 Å². The van der Waals surface area contributed by atoms with Crippen LogP contribution in [-0.2, 0) is 0 Å². The van der Waals surface area contributed by atoms with Gasteiger partial charge in [-0.2, -0.15) is 0 Å². The van der Waals surface area contributed by atoms with Gasteiger partial charge in [-0.15, -0.1) is 0 Å². The lowest BCUT2D eigenvalue weighted by molar-refractivity contribution is 0.0733. The Hall–Kier alpha value is -3.41. The zero-order chi connectivity index (χ0) is 21.1. The molecule has 1 fully saturated rings. The maximum absolute atomic E-state index is 13.2. The first-order chi connectivity index (χ1) is 14.6. The van der Waals surface area contributed by atoms with E-state index in [-0.39, 0.29) is 11.9 Å². The predicted octanol–water partition coefficient (Wildman–Crippen LogP) is 4.20. The van der Waals surface area contributed by atoms with Crippen LogP contribution in [0.1, 0.15) is 34.9 Å². The molecular formula is C24H26N4O2. The number of carbonyl (C=O) groups is 1. The third-order valence-electron chi connectivity index (χ3n) is 5.44. The molecule has 1 aliphatic heterocycles. The second kappa shape index (κ2) is 8.53. The number of amides is 1. The van der Waals surface area contributed by atoms with Crippen LogP contribution in [0.25, 0.3) is 11.1 Å². The number of hydrogen-bond donors (Lipinski definition) is 0. The highest BCUT2D eigenvalue weighted by Crippen LogP contribution is 2.38. The molecule has 0 aliphatic carbocycles. The van der Waals surface area contributed by atoms with Gasteiger partial charge in [0.05, 0.1) is 18.8 Å². The molecule has 0 spiro atoms. The number of anilines is 1. The SMILES string of the molecule is COc1cccc(-c2cnc(N(C)C)nc2[C@H]2CCCN2C(=O)c2ccccc2)c1. The minimum atomic E-state index is -0.0967. The van der Waals surface area contributed by atoms with Crippen molar-refractivity contribution in [3.05, 3.63) is 72.1 Å². The summed E-state index contributed by atoms with van der Waals surface area (Å²) in [5.41, 5.74) is 3.49. The zero-order valence-electron chi connectivity index (χ0n) is 17.6. The lowest BCUT2D eigenvalue weighted by Crippen LogP contribution is -2.31. The zero-order valence-corrected chi connectivity index (χ0v) is 17.6. The van der Waals surface area contributed by atoms with E-state index in [4.69, 9.17) is 9.72 Å². The van der Waals surface area contributed by atoms with E-state index in [1.165, 1.54) is 0 Å². The molecule has 1 aromatic heterocycles. The standard InChI is InChI=1S/C24H26N4O2/c1-27(2)24-25-16-20(18-11-7-12-19(15-18)30-3)22(26-24)21-13-8-14-28(21)23(29)17-9-5-4-6-10-17/h4-7,9-12,15-16,21H,8,13-14H2,1-3H3/t21-/m1/s1. The van der Waals surface area contributed by atoms with Crippen molar-refractivity contribution >= 4 is 11.9 Å². The van der Waals surface area contributed by atoms with Gasteiger partial charge < -0.3 is 14.5 Å². The lowest BCUT2D eigenvalue weighted by Gasteiger charge is -2.27. The van der Waals surface area contributed by atoms with Crippen molar-refractivity contribution in [2.45, 2.75) is 18.9 Å². The quantitative estimate of drug-likeness (QED) is 0.640. The topological polar surface area (TPSA) is 58.6 Å². The Morgan fingerprint density at radius 1 is 1.13 bits per heavy atom. The van der Waals surface area contributed by atoms with E-state index >= 15 is 0 Å². The number of likely N-dealkylation sites (tertiary alicyclic amines) is 1. The van der Waals surface area contributed by atoms with Crippen molar-refractivity contribution in [3.63, 3.8) is 0 Å². The third kappa shape index (κ3) is 3.85. The fourth-order valence-corrected chi connectivity index (χ4v) is 3.91. The molecule has 0 N–H and O–H groups in total. The fraction of sp³-hybridized carbons (Fsp3) is 0.292. The Bertz CT molecular complexity index is 1040. The van der Waals surface area contributed by atoms with Crippen LogP contribution in [0.2, 0.25) is 0 Å². The first-order valence-electron chi connectivity index (χ1n) is 10.1. The molecule has 4 rings (SSSR count). The van der Waals surface area contributed by atoms with Crippen molar-refractivity contribution in [2.75, 3.05) is 32.6 Å². The molecule has 1 aliphatic rings. The Labute approximate surface area is 177 Å². The number of rotatable bonds is 5. The van der Waals surface area contributed by atoms with Crippen LogP contribution in [0.5, 0.6) is 5.75 Å². The number of aromatic nitrogens is 2. The van der Waals surface area contributed by atoms with Gasteiger partial charge in [0.25, 0.3) is 5.91 Å². The van der Waals surface area contributed by atoms with Crippen molar-refractivity contribution < 1.29 is 9.53 Å². The first-order valence-corrected chi connectivity index (χ1v) is 10.1. The van der Waals surface area contributed by atoms with Gasteiger partial charge in [-0.05, 0) is 42.7 Å². The number of carbonyl (C=O) groups excluding carboxylic acids is 1. The highest BCUT2D eigenvalue weighted by molar-refractivity contribution is 5.94. The van der Waals surface area contributed by atoms with Crippen LogP contribution in [0, 0.1) is 0 Å². The molecule has 0 bridgehead atoms. The number of methoxy groups -OCH3 is 1. The number of benzene rings is 2. The van der Waals surface area contributed by atoms with Crippen LogP contribution in [0.4, 0.5) is 5.95 Å². The average Bonchev–Trinajstić information content (AvgIpc) is 3.28. The van der Waals surface area contributed by atoms with Crippen molar-refractivity contribution in [1.82, 2.24) is 14.9 Å². The molecule has 1 atom stereocenters. The summed E-state index contributed by atoms with van der Waals surface area (Å²) in [7, 11) is 5.50. The van der Waals surface area contributed by atoms with E-state index in [1.54, 1.807) is 7.11 Å². The molecule has 2 aromatic carbocycles. The van der Waals surface area contributed by atoms with Gasteiger partial charge >= 0.3 is 0 Å². The van der Waals surface area contributed by atoms with Crippen molar-refractivity contribution in [3.8, 4) is 16.9 Å². The predicted molar refractivity (Wildman–Crippen MR) is 118 cm³/mol. The van der Waals surface area contributed by atoms with Crippen LogP contribution < -0.4 is 9.64 Å². The molecule has 0 saturated carbocycles. The second-order valence-corrected chi connectivity index (χ2v) is 7.62. The van der Waals surface area contributed by atoms with E-state index < -0.39 is 0 Å². The Balaban J connectivity index is 1.79. The molecule has 6 nitrogen and oxygen atoms in total. The van der Waals surface area contributed by atoms with E-state index in [2.05, 4.69) is 4.98 Å². The summed E-state index contributed by atoms with van der Waals surface area (Å²) in [6.07, 6.45) is 3.68. The largest absolute Gasteiger partial charge is 0.497 e.